The molecule has 7 heteroatoms. The Bertz CT molecular complexity index is 781. The summed E-state index contributed by atoms with van der Waals surface area (Å²) < 4.78 is 10.5. The first-order valence-electron chi connectivity index (χ1n) is 8.16. The Kier molecular flexibility index (Phi) is 6.16. The van der Waals surface area contributed by atoms with Gasteiger partial charge in [-0.25, -0.2) is 4.79 Å². The average Bonchev–Trinajstić information content (AvgIpc) is 2.94. The van der Waals surface area contributed by atoms with E-state index in [4.69, 9.17) is 9.15 Å². The lowest BCUT2D eigenvalue weighted by Crippen LogP contribution is -2.46. The van der Waals surface area contributed by atoms with Gasteiger partial charge in [-0.1, -0.05) is 25.1 Å². The summed E-state index contributed by atoms with van der Waals surface area (Å²) in [5.41, 5.74) is 1.24. The van der Waals surface area contributed by atoms with Crippen LogP contribution in [0.4, 0.5) is 0 Å². The molecule has 0 aliphatic rings. The third-order valence-electron chi connectivity index (χ3n) is 3.68. The number of ether oxygens (including phenoxy) is 1. The first-order valence-corrected chi connectivity index (χ1v) is 8.16. The molecule has 2 amide bonds. The van der Waals surface area contributed by atoms with E-state index in [0.29, 0.717) is 17.7 Å². The smallest absolute Gasteiger partial charge is 0.375 e. The number of hydrogen-bond acceptors (Lipinski definition) is 5. The highest BCUT2D eigenvalue weighted by molar-refractivity contribution is 5.97. The van der Waals surface area contributed by atoms with Crippen molar-refractivity contribution in [2.75, 3.05) is 13.2 Å². The number of furan rings is 1. The van der Waals surface area contributed by atoms with Crippen molar-refractivity contribution < 1.29 is 23.5 Å². The minimum atomic E-state index is -0.716. The molecular weight excluding hydrogens is 324 g/mol. The topological polar surface area (TPSA) is 97.6 Å². The quantitative estimate of drug-likeness (QED) is 0.747. The van der Waals surface area contributed by atoms with Gasteiger partial charge < -0.3 is 19.8 Å². The number of rotatable bonds is 7. The second kappa shape index (κ2) is 8.32. The summed E-state index contributed by atoms with van der Waals surface area (Å²) in [5.74, 6) is -1.48. The molecule has 0 radical (unpaired) electrons. The number of esters is 1. The van der Waals surface area contributed by atoms with Gasteiger partial charge in [0.05, 0.1) is 0 Å². The maximum Gasteiger partial charge on any atom is 0.375 e. The van der Waals surface area contributed by atoms with E-state index in [9.17, 15) is 14.4 Å². The van der Waals surface area contributed by atoms with Crippen LogP contribution in [0.15, 0.2) is 28.7 Å². The molecule has 0 saturated heterocycles. The summed E-state index contributed by atoms with van der Waals surface area (Å²) >= 11 is 0. The van der Waals surface area contributed by atoms with E-state index in [1.54, 1.807) is 26.0 Å². The number of fused-ring (bicyclic) bond motifs is 1. The first kappa shape index (κ1) is 18.5. The third-order valence-corrected chi connectivity index (χ3v) is 3.68. The van der Waals surface area contributed by atoms with Crippen LogP contribution < -0.4 is 10.6 Å². The summed E-state index contributed by atoms with van der Waals surface area (Å²) in [6.07, 6.45) is 0.806. The molecule has 7 nitrogen and oxygen atoms in total. The minimum Gasteiger partial charge on any atom is -0.450 e. The Balaban J connectivity index is 1.89. The lowest BCUT2D eigenvalue weighted by molar-refractivity contribution is -0.130. The number of hydrogen-bond donors (Lipinski definition) is 2. The van der Waals surface area contributed by atoms with E-state index in [-0.39, 0.29) is 11.7 Å². The molecule has 0 aliphatic carbocycles. The van der Waals surface area contributed by atoms with Crippen molar-refractivity contribution in [2.45, 2.75) is 33.2 Å². The van der Waals surface area contributed by atoms with E-state index < -0.39 is 24.5 Å². The second-order valence-electron chi connectivity index (χ2n) is 5.71. The molecule has 25 heavy (non-hydrogen) atoms. The van der Waals surface area contributed by atoms with Gasteiger partial charge >= 0.3 is 5.97 Å². The zero-order chi connectivity index (χ0) is 18.4. The van der Waals surface area contributed by atoms with E-state index in [2.05, 4.69) is 10.6 Å². The fourth-order valence-corrected chi connectivity index (χ4v) is 2.32. The largest absolute Gasteiger partial charge is 0.450 e. The predicted molar refractivity (Wildman–Crippen MR) is 92.1 cm³/mol. The number of carbonyl (C=O) groups excluding carboxylic acids is 3. The van der Waals surface area contributed by atoms with Gasteiger partial charge in [0.15, 0.2) is 6.61 Å². The van der Waals surface area contributed by atoms with E-state index in [1.165, 1.54) is 0 Å². The highest BCUT2D eigenvalue weighted by Gasteiger charge is 2.21. The molecule has 0 fully saturated rings. The average molecular weight is 346 g/mol. The predicted octanol–water partition coefficient (Wildman–Crippen LogP) is 1.93. The molecule has 1 atom stereocenters. The van der Waals surface area contributed by atoms with Crippen LogP contribution in [0.1, 0.15) is 36.4 Å². The third kappa shape index (κ3) is 4.59. The highest BCUT2D eigenvalue weighted by Crippen LogP contribution is 2.25. The van der Waals surface area contributed by atoms with Gasteiger partial charge in [0.25, 0.3) is 5.91 Å². The van der Waals surface area contributed by atoms with Crippen molar-refractivity contribution >= 4 is 28.8 Å². The van der Waals surface area contributed by atoms with Crippen LogP contribution in [0.3, 0.4) is 0 Å². The van der Waals surface area contributed by atoms with Crippen molar-refractivity contribution in [1.82, 2.24) is 10.6 Å². The maximum absolute atomic E-state index is 12.1. The molecular formula is C18H22N2O5. The van der Waals surface area contributed by atoms with Gasteiger partial charge in [-0.05, 0) is 26.3 Å². The van der Waals surface area contributed by atoms with Crippen LogP contribution in [0.25, 0.3) is 11.0 Å². The van der Waals surface area contributed by atoms with Crippen LogP contribution in [0.5, 0.6) is 0 Å². The van der Waals surface area contributed by atoms with Crippen molar-refractivity contribution in [3.05, 3.63) is 35.6 Å². The second-order valence-corrected chi connectivity index (χ2v) is 5.71. The lowest BCUT2D eigenvalue weighted by atomic mass is 10.1. The van der Waals surface area contributed by atoms with Gasteiger partial charge in [0.1, 0.15) is 11.6 Å². The molecule has 1 aromatic heterocycles. The van der Waals surface area contributed by atoms with Crippen molar-refractivity contribution in [3.8, 4) is 0 Å². The first-order chi connectivity index (χ1) is 11.9. The molecule has 0 aliphatic heterocycles. The highest BCUT2D eigenvalue weighted by atomic mass is 16.5. The Hall–Kier alpha value is -2.83. The van der Waals surface area contributed by atoms with Gasteiger partial charge in [0.2, 0.25) is 11.7 Å². The number of aryl methyl sites for hydroxylation is 1. The molecule has 2 aromatic rings. The summed E-state index contributed by atoms with van der Waals surface area (Å²) in [7, 11) is 0. The van der Waals surface area contributed by atoms with Gasteiger partial charge in [-0.2, -0.15) is 0 Å². The monoisotopic (exact) mass is 346 g/mol. The van der Waals surface area contributed by atoms with Gasteiger partial charge in [-0.3, -0.25) is 9.59 Å². The van der Waals surface area contributed by atoms with Crippen molar-refractivity contribution in [3.63, 3.8) is 0 Å². The van der Waals surface area contributed by atoms with Crippen LogP contribution in [-0.2, 0) is 14.3 Å². The molecule has 0 bridgehead atoms. The van der Waals surface area contributed by atoms with Gasteiger partial charge in [0, 0.05) is 17.5 Å². The molecule has 0 unspecified atom stereocenters. The van der Waals surface area contributed by atoms with Crippen LogP contribution in [-0.4, -0.2) is 37.0 Å². The Labute approximate surface area is 145 Å². The summed E-state index contributed by atoms with van der Waals surface area (Å²) in [5, 5.41) is 5.97. The number of para-hydroxylation sites is 1. The molecule has 1 aromatic carbocycles. The van der Waals surface area contributed by atoms with Crippen LogP contribution in [0, 0.1) is 6.92 Å². The molecule has 0 saturated carbocycles. The fourth-order valence-electron chi connectivity index (χ4n) is 2.32. The van der Waals surface area contributed by atoms with E-state index in [0.717, 1.165) is 11.8 Å². The zero-order valence-corrected chi connectivity index (χ0v) is 14.5. The number of nitrogens with one attached hydrogen (secondary N) is 2. The Morgan fingerprint density at radius 2 is 1.96 bits per heavy atom. The Morgan fingerprint density at radius 1 is 1.24 bits per heavy atom. The number of carbonyl (C=O) groups is 3. The van der Waals surface area contributed by atoms with Crippen molar-refractivity contribution in [1.29, 1.82) is 0 Å². The standard InChI is InChI=1S/C18H22N2O5/c1-4-9-19-17(22)12(3)20-15(21)10-24-18(23)16-11(2)13-7-5-6-8-14(13)25-16/h5-8,12H,4,9-10H2,1-3H3,(H,19,22)(H,20,21)/t12-/m1/s1. The molecule has 0 spiro atoms. The lowest BCUT2D eigenvalue weighted by Gasteiger charge is -2.13. The van der Waals surface area contributed by atoms with Crippen LogP contribution >= 0.6 is 0 Å². The fraction of sp³-hybridized carbons (Fsp3) is 0.389. The van der Waals surface area contributed by atoms with Gasteiger partial charge in [-0.15, -0.1) is 0 Å². The Morgan fingerprint density at radius 3 is 2.64 bits per heavy atom. The van der Waals surface area contributed by atoms with Crippen molar-refractivity contribution in [2.24, 2.45) is 0 Å². The SMILES string of the molecule is CCCNC(=O)[C@@H](C)NC(=O)COC(=O)c1oc2ccccc2c1C. The molecule has 2 rings (SSSR count). The summed E-state index contributed by atoms with van der Waals surface area (Å²) in [6.45, 7) is 5.31. The normalized spacial score (nSPS) is 11.8. The summed E-state index contributed by atoms with van der Waals surface area (Å²) in [6, 6.07) is 6.54. The molecule has 134 valence electrons. The number of benzene rings is 1. The maximum atomic E-state index is 12.1. The van der Waals surface area contributed by atoms with Crippen LogP contribution in [0.2, 0.25) is 0 Å². The zero-order valence-electron chi connectivity index (χ0n) is 14.5. The molecule has 1 heterocycles. The molecule has 2 N–H and O–H groups in total. The van der Waals surface area contributed by atoms with E-state index >= 15 is 0 Å². The number of amides is 2. The summed E-state index contributed by atoms with van der Waals surface area (Å²) in [4.78, 5) is 35.6. The van der Waals surface area contributed by atoms with E-state index in [1.807, 2.05) is 19.1 Å². The minimum absolute atomic E-state index is 0.0720.